The van der Waals surface area contributed by atoms with Gasteiger partial charge in [-0.3, -0.25) is 5.43 Å². The van der Waals surface area contributed by atoms with E-state index in [9.17, 15) is 5.11 Å². The van der Waals surface area contributed by atoms with Crippen molar-refractivity contribution < 1.29 is 14.3 Å². The molecule has 0 saturated heterocycles. The number of methoxy groups -OCH3 is 1. The molecule has 0 unspecified atom stereocenters. The minimum atomic E-state index is 0.0643. The van der Waals surface area contributed by atoms with E-state index in [1.54, 1.807) is 30.3 Å². The molecule has 0 saturated carbocycles. The number of hydrogen-bond acceptors (Lipinski definition) is 5. The number of halogens is 1. The topological polar surface area (TPSA) is 67.0 Å². The number of benzene rings is 3. The molecule has 140 valence electrons. The molecular formula is C22H17ClN2O3. The molecule has 28 heavy (non-hydrogen) atoms. The molecule has 0 aliphatic carbocycles. The molecular weight excluding hydrogens is 376 g/mol. The van der Waals surface area contributed by atoms with Crippen molar-refractivity contribution in [3.8, 4) is 22.8 Å². The molecule has 1 heterocycles. The second kappa shape index (κ2) is 7.66. The smallest absolute Gasteiger partial charge is 0.161 e. The Morgan fingerprint density at radius 3 is 2.61 bits per heavy atom. The van der Waals surface area contributed by atoms with Crippen LogP contribution in [0.15, 0.2) is 82.3 Å². The van der Waals surface area contributed by atoms with Gasteiger partial charge < -0.3 is 14.3 Å². The number of phenolic OH excluding ortho intramolecular Hbond substituents is 1. The van der Waals surface area contributed by atoms with Crippen LogP contribution >= 0.6 is 11.6 Å². The van der Waals surface area contributed by atoms with E-state index in [4.69, 9.17) is 20.8 Å². The van der Waals surface area contributed by atoms with E-state index in [1.807, 2.05) is 42.5 Å². The van der Waals surface area contributed by atoms with Crippen LogP contribution in [0.25, 0.3) is 22.3 Å². The summed E-state index contributed by atoms with van der Waals surface area (Å²) in [5.41, 5.74) is 5.32. The van der Waals surface area contributed by atoms with Crippen molar-refractivity contribution in [2.75, 3.05) is 12.5 Å². The maximum absolute atomic E-state index is 9.85. The Kier molecular flexibility index (Phi) is 4.91. The highest BCUT2D eigenvalue weighted by Gasteiger charge is 2.10. The van der Waals surface area contributed by atoms with Crippen LogP contribution < -0.4 is 15.5 Å². The van der Waals surface area contributed by atoms with Crippen LogP contribution in [0.3, 0.4) is 0 Å². The highest BCUT2D eigenvalue weighted by atomic mass is 35.5. The van der Waals surface area contributed by atoms with Crippen molar-refractivity contribution in [3.63, 3.8) is 0 Å². The summed E-state index contributed by atoms with van der Waals surface area (Å²) in [6.07, 6.45) is 0. The van der Waals surface area contributed by atoms with Crippen LogP contribution in [-0.2, 0) is 0 Å². The number of nitrogens with zero attached hydrogens (tertiary/aromatic N) is 1. The second-order valence-electron chi connectivity index (χ2n) is 6.11. The number of rotatable bonds is 4. The molecule has 0 amide bonds. The first-order chi connectivity index (χ1) is 13.6. The zero-order valence-corrected chi connectivity index (χ0v) is 15.8. The van der Waals surface area contributed by atoms with Gasteiger partial charge in [0, 0.05) is 22.0 Å². The second-order valence-corrected chi connectivity index (χ2v) is 6.55. The van der Waals surface area contributed by atoms with Gasteiger partial charge in [0.25, 0.3) is 0 Å². The van der Waals surface area contributed by atoms with Crippen LogP contribution in [-0.4, -0.2) is 12.2 Å². The quantitative estimate of drug-likeness (QED) is 0.456. The van der Waals surface area contributed by atoms with E-state index in [0.29, 0.717) is 27.5 Å². The minimum Gasteiger partial charge on any atom is -0.504 e. The Morgan fingerprint density at radius 1 is 1.00 bits per heavy atom. The number of para-hydroxylation sites is 1. The lowest BCUT2D eigenvalue weighted by atomic mass is 10.1. The van der Waals surface area contributed by atoms with E-state index in [-0.39, 0.29) is 5.75 Å². The van der Waals surface area contributed by atoms with Gasteiger partial charge in [0.15, 0.2) is 11.5 Å². The Morgan fingerprint density at radius 2 is 1.82 bits per heavy atom. The number of anilines is 1. The Labute approximate surface area is 166 Å². The highest BCUT2D eigenvalue weighted by Crippen LogP contribution is 2.32. The molecule has 0 aliphatic heterocycles. The van der Waals surface area contributed by atoms with E-state index < -0.39 is 0 Å². The first-order valence-electron chi connectivity index (χ1n) is 8.59. The van der Waals surface area contributed by atoms with Crippen molar-refractivity contribution in [2.45, 2.75) is 0 Å². The predicted octanol–water partition coefficient (Wildman–Crippen LogP) is 5.40. The van der Waals surface area contributed by atoms with Crippen molar-refractivity contribution in [2.24, 2.45) is 5.10 Å². The van der Waals surface area contributed by atoms with Gasteiger partial charge in [-0.15, -0.1) is 0 Å². The molecule has 2 N–H and O–H groups in total. The highest BCUT2D eigenvalue weighted by molar-refractivity contribution is 6.31. The fraction of sp³-hybridized carbons (Fsp3) is 0.0455. The third-order valence-corrected chi connectivity index (χ3v) is 4.48. The maximum Gasteiger partial charge on any atom is 0.161 e. The van der Waals surface area contributed by atoms with Crippen LogP contribution in [0.5, 0.6) is 11.5 Å². The summed E-state index contributed by atoms with van der Waals surface area (Å²) in [6.45, 7) is 0. The van der Waals surface area contributed by atoms with Crippen molar-refractivity contribution in [3.05, 3.63) is 83.2 Å². The van der Waals surface area contributed by atoms with Crippen LogP contribution in [0.2, 0.25) is 5.02 Å². The third-order valence-electron chi connectivity index (χ3n) is 4.25. The molecule has 1 aromatic heterocycles. The fourth-order valence-electron chi connectivity index (χ4n) is 2.84. The summed E-state index contributed by atoms with van der Waals surface area (Å²) < 4.78 is 11.3. The molecule has 0 atom stereocenters. The number of phenols is 1. The summed E-state index contributed by atoms with van der Waals surface area (Å²) in [5.74, 6) is 1.01. The number of nitrogens with one attached hydrogen (secondary N) is 1. The van der Waals surface area contributed by atoms with Crippen LogP contribution in [0.4, 0.5) is 5.69 Å². The van der Waals surface area contributed by atoms with Gasteiger partial charge in [-0.2, -0.15) is 5.10 Å². The molecule has 4 aromatic rings. The van der Waals surface area contributed by atoms with Crippen molar-refractivity contribution in [1.82, 2.24) is 0 Å². The van der Waals surface area contributed by atoms with Gasteiger partial charge in [-0.05, 0) is 48.5 Å². The average Bonchev–Trinajstić information content (AvgIpc) is 2.73. The number of ether oxygens (including phenoxy) is 1. The minimum absolute atomic E-state index is 0.0643. The van der Waals surface area contributed by atoms with Gasteiger partial charge in [0.1, 0.15) is 11.3 Å². The normalized spacial score (nSPS) is 11.6. The lowest BCUT2D eigenvalue weighted by Gasteiger charge is -2.08. The molecule has 0 bridgehead atoms. The molecule has 5 nitrogen and oxygen atoms in total. The molecule has 6 heteroatoms. The van der Waals surface area contributed by atoms with E-state index in [1.165, 1.54) is 7.11 Å². The largest absolute Gasteiger partial charge is 0.504 e. The predicted molar refractivity (Wildman–Crippen MR) is 111 cm³/mol. The van der Waals surface area contributed by atoms with Crippen LogP contribution in [0, 0.1) is 0 Å². The summed E-state index contributed by atoms with van der Waals surface area (Å²) in [7, 11) is 1.50. The lowest BCUT2D eigenvalue weighted by molar-refractivity contribution is 0.373. The van der Waals surface area contributed by atoms with Crippen molar-refractivity contribution in [1.29, 1.82) is 0 Å². The third kappa shape index (κ3) is 3.66. The number of hydrogen-bond donors (Lipinski definition) is 2. The van der Waals surface area contributed by atoms with E-state index >= 15 is 0 Å². The Balaban J connectivity index is 1.88. The number of fused-ring (bicyclic) bond motifs is 1. The van der Waals surface area contributed by atoms with E-state index in [2.05, 4.69) is 10.5 Å². The van der Waals surface area contributed by atoms with Gasteiger partial charge in [-0.25, -0.2) is 0 Å². The zero-order chi connectivity index (χ0) is 19.5. The molecule has 0 spiro atoms. The summed E-state index contributed by atoms with van der Waals surface area (Å²) >= 11 is 6.17. The molecule has 0 radical (unpaired) electrons. The Bertz CT molecular complexity index is 1200. The standard InChI is InChI=1S/C22H17ClN2O3/c1-27-22-11-14(7-9-19(22)26)21-13-18(25-24-16-5-3-2-4-6-16)17-12-15(23)8-10-20(17)28-21/h2-13,24,26H,1H3/b25-18+. The zero-order valence-electron chi connectivity index (χ0n) is 15.0. The summed E-state index contributed by atoms with van der Waals surface area (Å²) in [4.78, 5) is 0. The Hall–Kier alpha value is -3.44. The fourth-order valence-corrected chi connectivity index (χ4v) is 3.02. The van der Waals surface area contributed by atoms with Gasteiger partial charge in [0.2, 0.25) is 0 Å². The molecule has 4 rings (SSSR count). The SMILES string of the molecule is COc1cc(-c2c/c(=N\Nc3ccccc3)c3cc(Cl)ccc3o2)ccc1O. The monoisotopic (exact) mass is 392 g/mol. The molecule has 0 fully saturated rings. The van der Waals surface area contributed by atoms with Gasteiger partial charge in [-0.1, -0.05) is 29.8 Å². The average molecular weight is 393 g/mol. The van der Waals surface area contributed by atoms with Gasteiger partial charge >= 0.3 is 0 Å². The van der Waals surface area contributed by atoms with Crippen LogP contribution in [0.1, 0.15) is 0 Å². The lowest BCUT2D eigenvalue weighted by Crippen LogP contribution is -2.07. The summed E-state index contributed by atoms with van der Waals surface area (Å²) in [5, 5.41) is 16.4. The molecule has 0 aliphatic rings. The van der Waals surface area contributed by atoms with Crippen molar-refractivity contribution >= 4 is 28.3 Å². The first kappa shape index (κ1) is 17.9. The number of aromatic hydroxyl groups is 1. The van der Waals surface area contributed by atoms with Gasteiger partial charge in [0.05, 0.1) is 18.2 Å². The summed E-state index contributed by atoms with van der Waals surface area (Å²) in [6, 6.07) is 21.9. The molecule has 3 aromatic carbocycles. The maximum atomic E-state index is 9.85. The van der Waals surface area contributed by atoms with E-state index in [0.717, 1.165) is 16.6 Å². The first-order valence-corrected chi connectivity index (χ1v) is 8.97.